The minimum absolute atomic E-state index is 0.749. The predicted molar refractivity (Wildman–Crippen MR) is 67.1 cm³/mol. The molecule has 3 atom stereocenters. The van der Waals surface area contributed by atoms with Crippen LogP contribution in [0.3, 0.4) is 0 Å². The molecule has 1 aliphatic heterocycles. The Labute approximate surface area is 95.4 Å². The molecule has 0 bridgehead atoms. The second-order valence-electron chi connectivity index (χ2n) is 5.23. The minimum Gasteiger partial charge on any atom is -0.317 e. The number of hydrogen-bond donors (Lipinski definition) is 1. The van der Waals surface area contributed by atoms with Crippen LogP contribution in [0.25, 0.3) is 0 Å². The fourth-order valence-electron chi connectivity index (χ4n) is 2.37. The largest absolute Gasteiger partial charge is 0.317 e. The zero-order valence-electron chi connectivity index (χ0n) is 10.9. The Hall–Kier alpha value is -0.0800. The van der Waals surface area contributed by atoms with Gasteiger partial charge in [0.1, 0.15) is 0 Å². The molecule has 0 aromatic heterocycles. The van der Waals surface area contributed by atoms with Crippen LogP contribution in [-0.2, 0) is 0 Å². The number of hydrogen-bond acceptors (Lipinski definition) is 2. The van der Waals surface area contributed by atoms with Gasteiger partial charge in [0, 0.05) is 12.6 Å². The molecular weight excluding hydrogens is 184 g/mol. The summed E-state index contributed by atoms with van der Waals surface area (Å²) < 4.78 is 0. The van der Waals surface area contributed by atoms with Crippen LogP contribution in [0.15, 0.2) is 0 Å². The molecule has 15 heavy (non-hydrogen) atoms. The van der Waals surface area contributed by atoms with Crippen molar-refractivity contribution in [3.8, 4) is 0 Å². The van der Waals surface area contributed by atoms with Gasteiger partial charge in [-0.25, -0.2) is 0 Å². The first-order valence-electron chi connectivity index (χ1n) is 6.59. The number of likely N-dealkylation sites (tertiary alicyclic amines) is 1. The standard InChI is InChI=1S/C13H28N2/c1-5-14-8-6-13(4)15-9-7-11(2)12(3)10-15/h11-14H,5-10H2,1-4H3. The zero-order chi connectivity index (χ0) is 11.3. The maximum Gasteiger partial charge on any atom is 0.00791 e. The molecule has 3 unspecified atom stereocenters. The summed E-state index contributed by atoms with van der Waals surface area (Å²) in [6.07, 6.45) is 2.67. The Balaban J connectivity index is 2.24. The summed E-state index contributed by atoms with van der Waals surface area (Å²) in [7, 11) is 0. The fraction of sp³-hybridized carbons (Fsp3) is 1.00. The third-order valence-electron chi connectivity index (χ3n) is 3.98. The van der Waals surface area contributed by atoms with Crippen LogP contribution in [0, 0.1) is 11.8 Å². The van der Waals surface area contributed by atoms with Crippen LogP contribution in [-0.4, -0.2) is 37.1 Å². The van der Waals surface area contributed by atoms with Crippen LogP contribution in [0.4, 0.5) is 0 Å². The van der Waals surface area contributed by atoms with Crippen molar-refractivity contribution in [3.63, 3.8) is 0 Å². The third kappa shape index (κ3) is 4.12. The summed E-state index contributed by atoms with van der Waals surface area (Å²) in [5, 5.41) is 3.41. The van der Waals surface area contributed by atoms with Crippen LogP contribution >= 0.6 is 0 Å². The molecule has 1 saturated heterocycles. The first kappa shape index (κ1) is 13.0. The van der Waals surface area contributed by atoms with Crippen LogP contribution in [0.5, 0.6) is 0 Å². The number of rotatable bonds is 5. The predicted octanol–water partition coefficient (Wildman–Crippen LogP) is 2.35. The third-order valence-corrected chi connectivity index (χ3v) is 3.98. The van der Waals surface area contributed by atoms with E-state index in [1.165, 1.54) is 25.9 Å². The normalized spacial score (nSPS) is 30.4. The van der Waals surface area contributed by atoms with Gasteiger partial charge in [0.15, 0.2) is 0 Å². The molecule has 1 aliphatic rings. The Kier molecular flexibility index (Phi) is 5.62. The summed E-state index contributed by atoms with van der Waals surface area (Å²) in [5.41, 5.74) is 0. The van der Waals surface area contributed by atoms with Crippen molar-refractivity contribution in [3.05, 3.63) is 0 Å². The molecule has 1 rings (SSSR count). The number of nitrogens with one attached hydrogen (secondary N) is 1. The van der Waals surface area contributed by atoms with Crippen LogP contribution in [0.1, 0.15) is 40.5 Å². The minimum atomic E-state index is 0.749. The van der Waals surface area contributed by atoms with E-state index >= 15 is 0 Å². The van der Waals surface area contributed by atoms with Gasteiger partial charge in [-0.1, -0.05) is 20.8 Å². The summed E-state index contributed by atoms with van der Waals surface area (Å²) >= 11 is 0. The fourth-order valence-corrected chi connectivity index (χ4v) is 2.37. The van der Waals surface area contributed by atoms with Crippen molar-refractivity contribution in [1.29, 1.82) is 0 Å². The lowest BCUT2D eigenvalue weighted by Crippen LogP contribution is -2.44. The van der Waals surface area contributed by atoms with Gasteiger partial charge >= 0.3 is 0 Å². The topological polar surface area (TPSA) is 15.3 Å². The molecule has 1 fully saturated rings. The van der Waals surface area contributed by atoms with Gasteiger partial charge in [-0.3, -0.25) is 0 Å². The highest BCUT2D eigenvalue weighted by Crippen LogP contribution is 2.24. The van der Waals surface area contributed by atoms with E-state index in [0.717, 1.165) is 31.0 Å². The molecule has 0 saturated carbocycles. The van der Waals surface area contributed by atoms with Crippen molar-refractivity contribution in [1.82, 2.24) is 10.2 Å². The molecular formula is C13H28N2. The highest BCUT2D eigenvalue weighted by molar-refractivity contribution is 4.78. The molecule has 1 N–H and O–H groups in total. The van der Waals surface area contributed by atoms with Gasteiger partial charge in [-0.15, -0.1) is 0 Å². The Morgan fingerprint density at radius 2 is 2.07 bits per heavy atom. The summed E-state index contributed by atoms with van der Waals surface area (Å²) in [5.74, 6) is 1.79. The molecule has 2 nitrogen and oxygen atoms in total. The van der Waals surface area contributed by atoms with E-state index < -0.39 is 0 Å². The number of nitrogens with zero attached hydrogens (tertiary/aromatic N) is 1. The summed E-state index contributed by atoms with van der Waals surface area (Å²) in [6.45, 7) is 14.2. The van der Waals surface area contributed by atoms with E-state index in [1.54, 1.807) is 0 Å². The molecule has 0 aliphatic carbocycles. The quantitative estimate of drug-likeness (QED) is 0.704. The van der Waals surface area contributed by atoms with Crippen molar-refractivity contribution in [2.75, 3.05) is 26.2 Å². The van der Waals surface area contributed by atoms with E-state index in [-0.39, 0.29) is 0 Å². The van der Waals surface area contributed by atoms with E-state index in [9.17, 15) is 0 Å². The second-order valence-corrected chi connectivity index (χ2v) is 5.23. The average molecular weight is 212 g/mol. The second kappa shape index (κ2) is 6.49. The monoisotopic (exact) mass is 212 g/mol. The first-order chi connectivity index (χ1) is 7.15. The Morgan fingerprint density at radius 1 is 1.33 bits per heavy atom. The molecule has 0 aromatic rings. The molecule has 0 amide bonds. The summed E-state index contributed by atoms with van der Waals surface area (Å²) in [6, 6.07) is 0.749. The smallest absolute Gasteiger partial charge is 0.00791 e. The van der Waals surface area contributed by atoms with Crippen molar-refractivity contribution < 1.29 is 0 Å². The van der Waals surface area contributed by atoms with E-state index in [1.807, 2.05) is 0 Å². The Morgan fingerprint density at radius 3 is 2.67 bits per heavy atom. The molecule has 2 heteroatoms. The van der Waals surface area contributed by atoms with Gasteiger partial charge in [-0.05, 0) is 51.2 Å². The lowest BCUT2D eigenvalue weighted by atomic mass is 9.88. The van der Waals surface area contributed by atoms with Crippen molar-refractivity contribution in [2.45, 2.75) is 46.6 Å². The van der Waals surface area contributed by atoms with E-state index in [2.05, 4.69) is 37.9 Å². The average Bonchev–Trinajstić information content (AvgIpc) is 2.22. The lowest BCUT2D eigenvalue weighted by molar-refractivity contribution is 0.0987. The van der Waals surface area contributed by atoms with Gasteiger partial charge in [-0.2, -0.15) is 0 Å². The molecule has 90 valence electrons. The van der Waals surface area contributed by atoms with Gasteiger partial charge in [0.25, 0.3) is 0 Å². The van der Waals surface area contributed by atoms with Crippen LogP contribution in [0.2, 0.25) is 0 Å². The number of piperidine rings is 1. The van der Waals surface area contributed by atoms with Gasteiger partial charge < -0.3 is 10.2 Å². The highest BCUT2D eigenvalue weighted by Gasteiger charge is 2.25. The lowest BCUT2D eigenvalue weighted by Gasteiger charge is -2.39. The van der Waals surface area contributed by atoms with Gasteiger partial charge in [0.2, 0.25) is 0 Å². The maximum absolute atomic E-state index is 3.41. The molecule has 0 radical (unpaired) electrons. The highest BCUT2D eigenvalue weighted by atomic mass is 15.2. The molecule has 1 heterocycles. The molecule has 0 aromatic carbocycles. The van der Waals surface area contributed by atoms with Crippen LogP contribution < -0.4 is 5.32 Å². The van der Waals surface area contributed by atoms with Crippen molar-refractivity contribution in [2.24, 2.45) is 11.8 Å². The van der Waals surface area contributed by atoms with Gasteiger partial charge in [0.05, 0.1) is 0 Å². The Bertz CT molecular complexity index is 170. The zero-order valence-corrected chi connectivity index (χ0v) is 10.9. The molecule has 0 spiro atoms. The maximum atomic E-state index is 3.41. The SMILES string of the molecule is CCNCCC(C)N1CCC(C)C(C)C1. The summed E-state index contributed by atoms with van der Waals surface area (Å²) in [4.78, 5) is 2.67. The van der Waals surface area contributed by atoms with E-state index in [4.69, 9.17) is 0 Å². The van der Waals surface area contributed by atoms with Crippen molar-refractivity contribution >= 4 is 0 Å². The van der Waals surface area contributed by atoms with E-state index in [0.29, 0.717) is 0 Å². The first-order valence-corrected chi connectivity index (χ1v) is 6.59.